The minimum Gasteiger partial charge on any atom is -0.314 e. The molecule has 1 aromatic heterocycles. The molecule has 2 atom stereocenters. The van der Waals surface area contributed by atoms with Gasteiger partial charge in [-0.15, -0.1) is 11.3 Å². The SMILES string of the molecule is Cc1ccsc1CNC(C)CC1CCCN1. The fourth-order valence-electron chi connectivity index (χ4n) is 2.32. The van der Waals surface area contributed by atoms with Gasteiger partial charge in [0.15, 0.2) is 0 Å². The summed E-state index contributed by atoms with van der Waals surface area (Å²) in [6.45, 7) is 6.72. The lowest BCUT2D eigenvalue weighted by atomic mass is 10.1. The zero-order valence-corrected chi connectivity index (χ0v) is 11.1. The van der Waals surface area contributed by atoms with Gasteiger partial charge in [-0.05, 0) is 56.7 Å². The second-order valence-corrected chi connectivity index (χ2v) is 5.84. The summed E-state index contributed by atoms with van der Waals surface area (Å²) in [5.41, 5.74) is 1.42. The first-order valence-corrected chi connectivity index (χ1v) is 7.13. The van der Waals surface area contributed by atoms with Crippen molar-refractivity contribution in [2.75, 3.05) is 6.54 Å². The van der Waals surface area contributed by atoms with Gasteiger partial charge in [-0.1, -0.05) is 0 Å². The Labute approximate surface area is 102 Å². The topological polar surface area (TPSA) is 24.1 Å². The van der Waals surface area contributed by atoms with Gasteiger partial charge in [0.25, 0.3) is 0 Å². The summed E-state index contributed by atoms with van der Waals surface area (Å²) in [5.74, 6) is 0. The van der Waals surface area contributed by atoms with E-state index in [-0.39, 0.29) is 0 Å². The molecule has 1 aliphatic rings. The number of rotatable bonds is 5. The van der Waals surface area contributed by atoms with E-state index in [1.807, 2.05) is 11.3 Å². The average Bonchev–Trinajstić information content (AvgIpc) is 2.87. The Morgan fingerprint density at radius 3 is 3.12 bits per heavy atom. The number of hydrogen-bond acceptors (Lipinski definition) is 3. The molecule has 0 bridgehead atoms. The summed E-state index contributed by atoms with van der Waals surface area (Å²) in [6, 6.07) is 3.55. The molecule has 1 fully saturated rings. The molecule has 0 amide bonds. The molecular weight excluding hydrogens is 216 g/mol. The van der Waals surface area contributed by atoms with Crippen molar-refractivity contribution < 1.29 is 0 Å². The second-order valence-electron chi connectivity index (χ2n) is 4.84. The zero-order valence-electron chi connectivity index (χ0n) is 10.3. The first kappa shape index (κ1) is 12.1. The molecule has 90 valence electrons. The smallest absolute Gasteiger partial charge is 0.0304 e. The van der Waals surface area contributed by atoms with Crippen LogP contribution in [-0.4, -0.2) is 18.6 Å². The van der Waals surface area contributed by atoms with Crippen LogP contribution < -0.4 is 10.6 Å². The summed E-state index contributed by atoms with van der Waals surface area (Å²) in [7, 11) is 0. The predicted octanol–water partition coefficient (Wildman–Crippen LogP) is 2.68. The second kappa shape index (κ2) is 5.80. The van der Waals surface area contributed by atoms with Crippen LogP contribution in [-0.2, 0) is 6.54 Å². The first-order valence-electron chi connectivity index (χ1n) is 6.25. The first-order chi connectivity index (χ1) is 7.75. The van der Waals surface area contributed by atoms with Crippen molar-refractivity contribution in [1.82, 2.24) is 10.6 Å². The molecule has 2 nitrogen and oxygen atoms in total. The summed E-state index contributed by atoms with van der Waals surface area (Å²) >= 11 is 1.86. The van der Waals surface area contributed by atoms with E-state index in [0.717, 1.165) is 12.6 Å². The molecule has 3 heteroatoms. The van der Waals surface area contributed by atoms with E-state index < -0.39 is 0 Å². The molecule has 1 aromatic rings. The monoisotopic (exact) mass is 238 g/mol. The molecule has 1 aliphatic heterocycles. The van der Waals surface area contributed by atoms with Crippen LogP contribution in [0, 0.1) is 6.92 Å². The summed E-state index contributed by atoms with van der Waals surface area (Å²) < 4.78 is 0. The van der Waals surface area contributed by atoms with E-state index in [4.69, 9.17) is 0 Å². The molecule has 0 spiro atoms. The van der Waals surface area contributed by atoms with Gasteiger partial charge in [0.05, 0.1) is 0 Å². The lowest BCUT2D eigenvalue weighted by Crippen LogP contribution is -2.33. The van der Waals surface area contributed by atoms with Crippen molar-refractivity contribution in [2.24, 2.45) is 0 Å². The maximum atomic E-state index is 3.62. The highest BCUT2D eigenvalue weighted by atomic mass is 32.1. The van der Waals surface area contributed by atoms with Gasteiger partial charge >= 0.3 is 0 Å². The molecular formula is C13H22N2S. The molecule has 0 radical (unpaired) electrons. The normalized spacial score (nSPS) is 22.5. The van der Waals surface area contributed by atoms with E-state index in [1.165, 1.54) is 36.2 Å². The standard InChI is InChI=1S/C13H22N2S/c1-10-5-7-16-13(10)9-15-11(2)8-12-4-3-6-14-12/h5,7,11-12,14-15H,3-4,6,8-9H2,1-2H3. The third kappa shape index (κ3) is 3.30. The Morgan fingerprint density at radius 1 is 1.62 bits per heavy atom. The molecule has 1 saturated heterocycles. The third-order valence-corrected chi connectivity index (χ3v) is 4.40. The number of nitrogens with one attached hydrogen (secondary N) is 2. The Bertz CT molecular complexity index is 315. The van der Waals surface area contributed by atoms with Gasteiger partial charge in [0.1, 0.15) is 0 Å². The summed E-state index contributed by atoms with van der Waals surface area (Å²) in [6.07, 6.45) is 3.95. The largest absolute Gasteiger partial charge is 0.314 e. The fourth-order valence-corrected chi connectivity index (χ4v) is 3.18. The van der Waals surface area contributed by atoms with E-state index in [2.05, 4.69) is 35.9 Å². The number of hydrogen-bond donors (Lipinski definition) is 2. The number of thiophene rings is 1. The maximum absolute atomic E-state index is 3.62. The van der Waals surface area contributed by atoms with Crippen molar-refractivity contribution in [3.05, 3.63) is 21.9 Å². The van der Waals surface area contributed by atoms with E-state index in [9.17, 15) is 0 Å². The quantitative estimate of drug-likeness (QED) is 0.824. The summed E-state index contributed by atoms with van der Waals surface area (Å²) in [4.78, 5) is 1.48. The molecule has 0 aromatic carbocycles. The Hall–Kier alpha value is -0.380. The minimum atomic E-state index is 0.608. The van der Waals surface area contributed by atoms with Crippen LogP contribution in [0.4, 0.5) is 0 Å². The Kier molecular flexibility index (Phi) is 4.38. The fraction of sp³-hybridized carbons (Fsp3) is 0.692. The van der Waals surface area contributed by atoms with Crippen LogP contribution in [0.1, 0.15) is 36.6 Å². The minimum absolute atomic E-state index is 0.608. The van der Waals surface area contributed by atoms with Gasteiger partial charge < -0.3 is 10.6 Å². The van der Waals surface area contributed by atoms with Crippen molar-refractivity contribution in [3.63, 3.8) is 0 Å². The van der Waals surface area contributed by atoms with Crippen molar-refractivity contribution >= 4 is 11.3 Å². The van der Waals surface area contributed by atoms with Crippen LogP contribution in [0.3, 0.4) is 0 Å². The van der Waals surface area contributed by atoms with Crippen LogP contribution in [0.15, 0.2) is 11.4 Å². The lowest BCUT2D eigenvalue weighted by molar-refractivity contribution is 0.441. The van der Waals surface area contributed by atoms with Gasteiger partial charge in [0.2, 0.25) is 0 Å². The molecule has 0 saturated carbocycles. The van der Waals surface area contributed by atoms with E-state index >= 15 is 0 Å². The zero-order chi connectivity index (χ0) is 11.4. The molecule has 0 aliphatic carbocycles. The molecule has 2 unspecified atom stereocenters. The Balaban J connectivity index is 1.71. The van der Waals surface area contributed by atoms with E-state index in [1.54, 1.807) is 0 Å². The predicted molar refractivity (Wildman–Crippen MR) is 71.0 cm³/mol. The summed E-state index contributed by atoms with van der Waals surface area (Å²) in [5, 5.41) is 9.35. The van der Waals surface area contributed by atoms with Crippen molar-refractivity contribution in [1.29, 1.82) is 0 Å². The van der Waals surface area contributed by atoms with Crippen LogP contribution in [0.25, 0.3) is 0 Å². The van der Waals surface area contributed by atoms with Crippen LogP contribution in [0.5, 0.6) is 0 Å². The van der Waals surface area contributed by atoms with Crippen LogP contribution in [0.2, 0.25) is 0 Å². The van der Waals surface area contributed by atoms with Gasteiger partial charge in [-0.25, -0.2) is 0 Å². The van der Waals surface area contributed by atoms with Crippen molar-refractivity contribution in [2.45, 2.75) is 51.7 Å². The van der Waals surface area contributed by atoms with Crippen LogP contribution >= 0.6 is 11.3 Å². The highest BCUT2D eigenvalue weighted by Crippen LogP contribution is 2.16. The lowest BCUT2D eigenvalue weighted by Gasteiger charge is -2.18. The molecule has 2 heterocycles. The van der Waals surface area contributed by atoms with Crippen molar-refractivity contribution in [3.8, 4) is 0 Å². The Morgan fingerprint density at radius 2 is 2.50 bits per heavy atom. The van der Waals surface area contributed by atoms with Gasteiger partial charge in [-0.3, -0.25) is 0 Å². The highest BCUT2D eigenvalue weighted by molar-refractivity contribution is 7.10. The third-order valence-electron chi connectivity index (χ3n) is 3.38. The maximum Gasteiger partial charge on any atom is 0.0304 e. The van der Waals surface area contributed by atoms with E-state index in [0.29, 0.717) is 6.04 Å². The van der Waals surface area contributed by atoms with Gasteiger partial charge in [-0.2, -0.15) is 0 Å². The number of aryl methyl sites for hydroxylation is 1. The average molecular weight is 238 g/mol. The highest BCUT2D eigenvalue weighted by Gasteiger charge is 2.16. The molecule has 2 N–H and O–H groups in total. The van der Waals surface area contributed by atoms with Gasteiger partial charge in [0, 0.05) is 23.5 Å². The molecule has 16 heavy (non-hydrogen) atoms. The molecule has 2 rings (SSSR count).